The molecule has 0 aliphatic carbocycles. The molecule has 1 aromatic rings. The molecule has 1 fully saturated rings. The molecule has 0 saturated carbocycles. The Morgan fingerprint density at radius 1 is 1.41 bits per heavy atom. The summed E-state index contributed by atoms with van der Waals surface area (Å²) in [7, 11) is 0. The van der Waals surface area contributed by atoms with E-state index in [2.05, 4.69) is 5.32 Å². The summed E-state index contributed by atoms with van der Waals surface area (Å²) in [5.74, 6) is 0.752. The number of hydrogen-bond acceptors (Lipinski definition) is 4. The van der Waals surface area contributed by atoms with E-state index < -0.39 is 0 Å². The minimum atomic E-state index is -0.322. The van der Waals surface area contributed by atoms with Crippen LogP contribution in [0, 0.1) is 0 Å². The Hall–Kier alpha value is -1.46. The van der Waals surface area contributed by atoms with Crippen molar-refractivity contribution in [3.63, 3.8) is 0 Å². The lowest BCUT2D eigenvalue weighted by molar-refractivity contribution is -0.131. The fourth-order valence-electron chi connectivity index (χ4n) is 3.05. The van der Waals surface area contributed by atoms with Gasteiger partial charge in [-0.1, -0.05) is 0 Å². The van der Waals surface area contributed by atoms with Crippen LogP contribution in [0.2, 0.25) is 0 Å². The van der Waals surface area contributed by atoms with Crippen molar-refractivity contribution in [2.24, 2.45) is 0 Å². The molecule has 122 valence electrons. The number of carbonyl (C=O) groups excluding carboxylic acids is 1. The third-order valence-electron chi connectivity index (χ3n) is 4.03. The lowest BCUT2D eigenvalue weighted by Crippen LogP contribution is -2.44. The van der Waals surface area contributed by atoms with Crippen LogP contribution in [0.5, 0.6) is 5.75 Å². The van der Waals surface area contributed by atoms with E-state index in [0.717, 1.165) is 24.2 Å². The maximum absolute atomic E-state index is 12.3. The van der Waals surface area contributed by atoms with Gasteiger partial charge in [0.15, 0.2) is 0 Å². The van der Waals surface area contributed by atoms with Crippen molar-refractivity contribution < 1.29 is 14.3 Å². The van der Waals surface area contributed by atoms with Gasteiger partial charge in [0.1, 0.15) is 17.5 Å². The molecule has 22 heavy (non-hydrogen) atoms. The van der Waals surface area contributed by atoms with Crippen LogP contribution in [0.3, 0.4) is 0 Å². The Morgan fingerprint density at radius 3 is 2.86 bits per heavy atom. The topological polar surface area (TPSA) is 73.6 Å². The largest absolute Gasteiger partial charge is 0.487 e. The third kappa shape index (κ3) is 3.47. The number of halogens is 1. The molecule has 2 atom stereocenters. The SMILES string of the molecule is CC1(C)CC(NC(=O)[C@@H]2CCCO2)c2cc(N)ccc2O1.Cl. The van der Waals surface area contributed by atoms with Crippen LogP contribution in [0.1, 0.15) is 44.7 Å². The lowest BCUT2D eigenvalue weighted by atomic mass is 9.89. The number of hydrogen-bond donors (Lipinski definition) is 2. The summed E-state index contributed by atoms with van der Waals surface area (Å²) in [6.07, 6.45) is 2.13. The Balaban J connectivity index is 0.00000176. The minimum absolute atomic E-state index is 0. The van der Waals surface area contributed by atoms with E-state index in [1.165, 1.54) is 0 Å². The zero-order valence-electron chi connectivity index (χ0n) is 12.9. The van der Waals surface area contributed by atoms with Gasteiger partial charge < -0.3 is 20.5 Å². The standard InChI is InChI=1S/C16H22N2O3.ClH/c1-16(2)9-12(18-15(19)14-4-3-7-20-14)11-8-10(17)5-6-13(11)21-16;/h5-6,8,12,14H,3-4,7,9,17H2,1-2H3,(H,18,19);1H/t12?,14-;/m0./s1. The molecule has 1 amide bonds. The number of rotatable bonds is 2. The summed E-state index contributed by atoms with van der Waals surface area (Å²) in [6, 6.07) is 5.48. The first kappa shape index (κ1) is 16.9. The highest BCUT2D eigenvalue weighted by Gasteiger charge is 2.36. The number of anilines is 1. The molecule has 0 aromatic heterocycles. The molecule has 1 unspecified atom stereocenters. The zero-order chi connectivity index (χ0) is 15.0. The van der Waals surface area contributed by atoms with E-state index in [1.807, 2.05) is 32.0 Å². The van der Waals surface area contributed by atoms with E-state index in [4.69, 9.17) is 15.2 Å². The number of nitrogen functional groups attached to an aromatic ring is 1. The highest BCUT2D eigenvalue weighted by atomic mass is 35.5. The third-order valence-corrected chi connectivity index (χ3v) is 4.03. The monoisotopic (exact) mass is 326 g/mol. The van der Waals surface area contributed by atoms with Crippen molar-refractivity contribution in [2.45, 2.75) is 50.9 Å². The number of amides is 1. The summed E-state index contributed by atoms with van der Waals surface area (Å²) in [6.45, 7) is 4.72. The highest BCUT2D eigenvalue weighted by Crippen LogP contribution is 2.40. The van der Waals surface area contributed by atoms with Gasteiger partial charge in [0.2, 0.25) is 5.91 Å². The van der Waals surface area contributed by atoms with E-state index in [1.54, 1.807) is 0 Å². The Morgan fingerprint density at radius 2 is 2.18 bits per heavy atom. The van der Waals surface area contributed by atoms with Crippen LogP contribution < -0.4 is 15.8 Å². The zero-order valence-corrected chi connectivity index (χ0v) is 13.7. The van der Waals surface area contributed by atoms with Crippen molar-refractivity contribution in [1.29, 1.82) is 0 Å². The fraction of sp³-hybridized carbons (Fsp3) is 0.562. The van der Waals surface area contributed by atoms with Crippen LogP contribution in [0.15, 0.2) is 18.2 Å². The predicted octanol–water partition coefficient (Wildman–Crippen LogP) is 2.59. The summed E-state index contributed by atoms with van der Waals surface area (Å²) >= 11 is 0. The highest BCUT2D eigenvalue weighted by molar-refractivity contribution is 5.85. The molecule has 1 saturated heterocycles. The number of ether oxygens (including phenoxy) is 2. The molecule has 1 aromatic carbocycles. The molecule has 3 N–H and O–H groups in total. The number of fused-ring (bicyclic) bond motifs is 1. The second kappa shape index (κ2) is 6.34. The van der Waals surface area contributed by atoms with E-state index in [0.29, 0.717) is 18.7 Å². The molecule has 2 aliphatic rings. The van der Waals surface area contributed by atoms with Crippen LogP contribution in [0.4, 0.5) is 5.69 Å². The molecule has 2 heterocycles. The maximum atomic E-state index is 12.3. The molecule has 6 heteroatoms. The lowest BCUT2D eigenvalue weighted by Gasteiger charge is -2.38. The van der Waals surface area contributed by atoms with Crippen molar-refractivity contribution in [1.82, 2.24) is 5.32 Å². The van der Waals surface area contributed by atoms with Crippen LogP contribution in [-0.4, -0.2) is 24.2 Å². The first-order valence-corrected chi connectivity index (χ1v) is 7.45. The van der Waals surface area contributed by atoms with Gasteiger partial charge in [-0.2, -0.15) is 0 Å². The second-order valence-corrected chi connectivity index (χ2v) is 6.43. The van der Waals surface area contributed by atoms with Crippen molar-refractivity contribution in [2.75, 3.05) is 12.3 Å². The van der Waals surface area contributed by atoms with Gasteiger partial charge in [-0.15, -0.1) is 12.4 Å². The molecular weight excluding hydrogens is 304 g/mol. The van der Waals surface area contributed by atoms with Crippen LogP contribution in [-0.2, 0) is 9.53 Å². The number of nitrogens with one attached hydrogen (secondary N) is 1. The van der Waals surface area contributed by atoms with Crippen LogP contribution >= 0.6 is 12.4 Å². The van der Waals surface area contributed by atoms with Crippen molar-refractivity contribution in [3.8, 4) is 5.75 Å². The Labute approximate surface area is 137 Å². The average molecular weight is 327 g/mol. The smallest absolute Gasteiger partial charge is 0.249 e. The fourth-order valence-corrected chi connectivity index (χ4v) is 3.05. The quantitative estimate of drug-likeness (QED) is 0.819. The maximum Gasteiger partial charge on any atom is 0.249 e. The second-order valence-electron chi connectivity index (χ2n) is 6.43. The summed E-state index contributed by atoms with van der Waals surface area (Å²) in [5, 5.41) is 3.10. The Bertz CT molecular complexity index is 556. The summed E-state index contributed by atoms with van der Waals surface area (Å²) in [4.78, 5) is 12.3. The van der Waals surface area contributed by atoms with Gasteiger partial charge in [-0.25, -0.2) is 0 Å². The van der Waals surface area contributed by atoms with Gasteiger partial charge in [0.25, 0.3) is 0 Å². The molecular formula is C16H23ClN2O3. The molecule has 0 radical (unpaired) electrons. The molecule has 5 nitrogen and oxygen atoms in total. The molecule has 2 aliphatic heterocycles. The molecule has 0 spiro atoms. The van der Waals surface area contributed by atoms with E-state index >= 15 is 0 Å². The van der Waals surface area contributed by atoms with Gasteiger partial charge in [-0.3, -0.25) is 4.79 Å². The van der Waals surface area contributed by atoms with Gasteiger partial charge >= 0.3 is 0 Å². The number of nitrogens with two attached hydrogens (primary N) is 1. The van der Waals surface area contributed by atoms with E-state index in [-0.39, 0.29) is 36.1 Å². The van der Waals surface area contributed by atoms with Crippen molar-refractivity contribution >= 4 is 24.0 Å². The first-order valence-electron chi connectivity index (χ1n) is 7.45. The molecule has 0 bridgehead atoms. The van der Waals surface area contributed by atoms with Gasteiger partial charge in [0.05, 0.1) is 6.04 Å². The summed E-state index contributed by atoms with van der Waals surface area (Å²) in [5.41, 5.74) is 7.17. The van der Waals surface area contributed by atoms with E-state index in [9.17, 15) is 4.79 Å². The Kier molecular flexibility index (Phi) is 4.87. The van der Waals surface area contributed by atoms with Gasteiger partial charge in [0, 0.05) is 24.3 Å². The van der Waals surface area contributed by atoms with Gasteiger partial charge in [-0.05, 0) is 44.9 Å². The molecule has 3 rings (SSSR count). The van der Waals surface area contributed by atoms with Crippen LogP contribution in [0.25, 0.3) is 0 Å². The first-order chi connectivity index (χ1) is 9.94. The predicted molar refractivity (Wildman–Crippen MR) is 87.3 cm³/mol. The van der Waals surface area contributed by atoms with Crippen molar-refractivity contribution in [3.05, 3.63) is 23.8 Å². The normalized spacial score (nSPS) is 25.5. The number of benzene rings is 1. The summed E-state index contributed by atoms with van der Waals surface area (Å²) < 4.78 is 11.4. The minimum Gasteiger partial charge on any atom is -0.487 e. The number of carbonyl (C=O) groups is 1. The average Bonchev–Trinajstić information content (AvgIpc) is 2.93.